The third kappa shape index (κ3) is 4.64. The number of aryl methyl sites for hydroxylation is 2. The summed E-state index contributed by atoms with van der Waals surface area (Å²) in [7, 11) is 1.75. The molecule has 1 amide bonds. The fraction of sp³-hybridized carbons (Fsp3) is 0.682. The maximum atomic E-state index is 12.3. The van der Waals surface area contributed by atoms with Crippen molar-refractivity contribution in [1.82, 2.24) is 9.80 Å². The number of carbonyl (C=O) groups excluding carboxylic acids is 1. The van der Waals surface area contributed by atoms with E-state index in [9.17, 15) is 4.79 Å². The summed E-state index contributed by atoms with van der Waals surface area (Å²) in [5.41, 5.74) is 3.93. The van der Waals surface area contributed by atoms with Gasteiger partial charge in [0.1, 0.15) is 5.75 Å². The third-order valence-electron chi connectivity index (χ3n) is 6.17. The van der Waals surface area contributed by atoms with Crippen molar-refractivity contribution in [3.63, 3.8) is 0 Å². The van der Waals surface area contributed by atoms with E-state index < -0.39 is 0 Å². The molecule has 150 valence electrons. The Labute approximate surface area is 163 Å². The van der Waals surface area contributed by atoms with Gasteiger partial charge in [-0.15, -0.1) is 0 Å². The van der Waals surface area contributed by atoms with E-state index in [1.165, 1.54) is 29.5 Å². The smallest absolute Gasteiger partial charge is 0.222 e. The number of nitrogens with zero attached hydrogens (tertiary/aromatic N) is 2. The zero-order valence-corrected chi connectivity index (χ0v) is 17.1. The molecule has 0 aromatic heterocycles. The molecule has 0 saturated carbocycles. The standard InChI is InChI=1S/C22H34N2O3/c1-17-12-18(2)21(27-3)19(13-17)14-23-9-4-7-22(15-23)8-6-20(26)24(16-22)10-5-11-25/h12-13,25H,4-11,14-16H2,1-3H3/t22-/m0/s1. The van der Waals surface area contributed by atoms with Gasteiger partial charge in [0.2, 0.25) is 5.91 Å². The molecule has 2 aliphatic rings. The zero-order chi connectivity index (χ0) is 19.4. The van der Waals surface area contributed by atoms with Crippen LogP contribution in [0.2, 0.25) is 0 Å². The maximum absolute atomic E-state index is 12.3. The highest BCUT2D eigenvalue weighted by Crippen LogP contribution is 2.40. The topological polar surface area (TPSA) is 53.0 Å². The molecule has 0 radical (unpaired) electrons. The molecule has 1 aromatic carbocycles. The summed E-state index contributed by atoms with van der Waals surface area (Å²) >= 11 is 0. The number of amides is 1. The minimum Gasteiger partial charge on any atom is -0.496 e. The second-order valence-electron chi connectivity index (χ2n) is 8.48. The van der Waals surface area contributed by atoms with Gasteiger partial charge < -0.3 is 14.7 Å². The van der Waals surface area contributed by atoms with E-state index in [2.05, 4.69) is 30.9 Å². The number of methoxy groups -OCH3 is 1. The van der Waals surface area contributed by atoms with E-state index in [0.717, 1.165) is 38.3 Å². The van der Waals surface area contributed by atoms with Crippen molar-refractivity contribution in [2.75, 3.05) is 39.9 Å². The number of benzene rings is 1. The molecule has 3 rings (SSSR count). The number of piperidine rings is 2. The summed E-state index contributed by atoms with van der Waals surface area (Å²) in [6, 6.07) is 4.41. The average Bonchev–Trinajstić information content (AvgIpc) is 2.63. The van der Waals surface area contributed by atoms with Crippen LogP contribution in [0.4, 0.5) is 0 Å². The predicted octanol–water partition coefficient (Wildman–Crippen LogP) is 2.90. The SMILES string of the molecule is COc1c(C)cc(C)cc1CN1CCC[C@]2(CCC(=O)N(CCCO)C2)C1. The number of carbonyl (C=O) groups is 1. The molecule has 2 saturated heterocycles. The molecule has 1 N–H and O–H groups in total. The number of hydrogen-bond acceptors (Lipinski definition) is 4. The zero-order valence-electron chi connectivity index (χ0n) is 17.1. The summed E-state index contributed by atoms with van der Waals surface area (Å²) < 4.78 is 5.68. The molecular weight excluding hydrogens is 340 g/mol. The first-order chi connectivity index (χ1) is 13.0. The summed E-state index contributed by atoms with van der Waals surface area (Å²) in [5, 5.41) is 9.13. The molecule has 1 spiro atoms. The molecule has 2 fully saturated rings. The Morgan fingerprint density at radius 2 is 2.04 bits per heavy atom. The first-order valence-corrected chi connectivity index (χ1v) is 10.2. The van der Waals surface area contributed by atoms with Gasteiger partial charge in [0, 0.05) is 50.2 Å². The van der Waals surface area contributed by atoms with Gasteiger partial charge in [-0.2, -0.15) is 0 Å². The van der Waals surface area contributed by atoms with Gasteiger partial charge >= 0.3 is 0 Å². The number of aliphatic hydroxyl groups excluding tert-OH is 1. The van der Waals surface area contributed by atoms with Crippen molar-refractivity contribution in [1.29, 1.82) is 0 Å². The Balaban J connectivity index is 1.72. The summed E-state index contributed by atoms with van der Waals surface area (Å²) in [6.45, 7) is 8.95. The Hall–Kier alpha value is -1.59. The molecule has 0 aliphatic carbocycles. The molecular formula is C22H34N2O3. The second kappa shape index (κ2) is 8.61. The lowest BCUT2D eigenvalue weighted by molar-refractivity contribution is -0.139. The van der Waals surface area contributed by atoms with E-state index in [1.54, 1.807) is 7.11 Å². The fourth-order valence-electron chi connectivity index (χ4n) is 5.04. The van der Waals surface area contributed by atoms with E-state index >= 15 is 0 Å². The van der Waals surface area contributed by atoms with Gasteiger partial charge in [-0.25, -0.2) is 0 Å². The van der Waals surface area contributed by atoms with Crippen LogP contribution in [0.15, 0.2) is 12.1 Å². The van der Waals surface area contributed by atoms with Crippen LogP contribution in [0.25, 0.3) is 0 Å². The summed E-state index contributed by atoms with van der Waals surface area (Å²) in [6.07, 6.45) is 4.67. The van der Waals surface area contributed by atoms with Crippen LogP contribution in [-0.4, -0.2) is 60.7 Å². The maximum Gasteiger partial charge on any atom is 0.222 e. The highest BCUT2D eigenvalue weighted by molar-refractivity contribution is 5.77. The number of rotatable bonds is 6. The minimum absolute atomic E-state index is 0.148. The van der Waals surface area contributed by atoms with E-state index in [4.69, 9.17) is 9.84 Å². The lowest BCUT2D eigenvalue weighted by Gasteiger charge is -2.48. The summed E-state index contributed by atoms with van der Waals surface area (Å²) in [5.74, 6) is 1.26. The molecule has 5 heteroatoms. The van der Waals surface area contributed by atoms with Crippen molar-refractivity contribution in [2.45, 2.75) is 52.5 Å². The molecule has 1 aromatic rings. The Morgan fingerprint density at radius 3 is 2.78 bits per heavy atom. The van der Waals surface area contributed by atoms with Crippen LogP contribution in [0.1, 0.15) is 48.8 Å². The van der Waals surface area contributed by atoms with Crippen molar-refractivity contribution < 1.29 is 14.6 Å². The number of aliphatic hydroxyl groups is 1. The van der Waals surface area contributed by atoms with E-state index in [1.807, 2.05) is 4.90 Å². The highest BCUT2D eigenvalue weighted by atomic mass is 16.5. The van der Waals surface area contributed by atoms with Crippen molar-refractivity contribution >= 4 is 5.91 Å². The van der Waals surface area contributed by atoms with Gasteiger partial charge in [-0.05, 0) is 51.6 Å². The second-order valence-corrected chi connectivity index (χ2v) is 8.48. The Bertz CT molecular complexity index is 676. The summed E-state index contributed by atoms with van der Waals surface area (Å²) in [4.78, 5) is 16.8. The van der Waals surface area contributed by atoms with E-state index in [-0.39, 0.29) is 17.9 Å². The normalized spacial score (nSPS) is 23.9. The first kappa shape index (κ1) is 20.2. The molecule has 2 aliphatic heterocycles. The average molecular weight is 375 g/mol. The number of hydrogen-bond donors (Lipinski definition) is 1. The van der Waals surface area contributed by atoms with Crippen LogP contribution in [0, 0.1) is 19.3 Å². The van der Waals surface area contributed by atoms with Gasteiger partial charge in [-0.1, -0.05) is 17.7 Å². The van der Waals surface area contributed by atoms with Crippen LogP contribution in [0.3, 0.4) is 0 Å². The molecule has 2 heterocycles. The predicted molar refractivity (Wildman–Crippen MR) is 107 cm³/mol. The van der Waals surface area contributed by atoms with Crippen molar-refractivity contribution in [2.24, 2.45) is 5.41 Å². The van der Waals surface area contributed by atoms with Crippen LogP contribution in [-0.2, 0) is 11.3 Å². The van der Waals surface area contributed by atoms with E-state index in [0.29, 0.717) is 19.4 Å². The van der Waals surface area contributed by atoms with Gasteiger partial charge in [0.15, 0.2) is 0 Å². The van der Waals surface area contributed by atoms with Crippen LogP contribution < -0.4 is 4.74 Å². The van der Waals surface area contributed by atoms with Crippen molar-refractivity contribution in [3.05, 3.63) is 28.8 Å². The van der Waals surface area contributed by atoms with Gasteiger partial charge in [0.05, 0.1) is 7.11 Å². The molecule has 0 bridgehead atoms. The molecule has 5 nitrogen and oxygen atoms in total. The highest BCUT2D eigenvalue weighted by Gasteiger charge is 2.41. The quantitative estimate of drug-likeness (QED) is 0.832. The molecule has 27 heavy (non-hydrogen) atoms. The van der Waals surface area contributed by atoms with Crippen LogP contribution >= 0.6 is 0 Å². The largest absolute Gasteiger partial charge is 0.496 e. The van der Waals surface area contributed by atoms with Crippen molar-refractivity contribution in [3.8, 4) is 5.75 Å². The lowest BCUT2D eigenvalue weighted by Crippen LogP contribution is -2.54. The first-order valence-electron chi connectivity index (χ1n) is 10.2. The van der Waals surface area contributed by atoms with Gasteiger partial charge in [0.25, 0.3) is 0 Å². The third-order valence-corrected chi connectivity index (χ3v) is 6.17. The number of ether oxygens (including phenoxy) is 1. The number of likely N-dealkylation sites (tertiary alicyclic amines) is 2. The Morgan fingerprint density at radius 1 is 1.22 bits per heavy atom. The molecule has 0 unspecified atom stereocenters. The minimum atomic E-state index is 0.148. The van der Waals surface area contributed by atoms with Gasteiger partial charge in [-0.3, -0.25) is 9.69 Å². The van der Waals surface area contributed by atoms with Crippen LogP contribution in [0.5, 0.6) is 5.75 Å². The fourth-order valence-corrected chi connectivity index (χ4v) is 5.04. The lowest BCUT2D eigenvalue weighted by atomic mass is 9.73. The molecule has 1 atom stereocenters. The monoisotopic (exact) mass is 374 g/mol. The Kier molecular flexibility index (Phi) is 6.43.